The van der Waals surface area contributed by atoms with Gasteiger partial charge >= 0.3 is 0 Å². The topological polar surface area (TPSA) is 74.0 Å². The number of benzene rings is 2. The van der Waals surface area contributed by atoms with Crippen LogP contribution in [0.2, 0.25) is 0 Å². The van der Waals surface area contributed by atoms with E-state index in [2.05, 4.69) is 27.8 Å². The van der Waals surface area contributed by atoms with Crippen molar-refractivity contribution in [3.8, 4) is 0 Å². The van der Waals surface area contributed by atoms with Crippen LogP contribution in [0.4, 0.5) is 4.39 Å². The summed E-state index contributed by atoms with van der Waals surface area (Å²) in [6, 6.07) is 17.1. The molecule has 5 nitrogen and oxygen atoms in total. The molecule has 4 rings (SSSR count). The molecule has 0 radical (unpaired) electrons. The number of amides is 2. The maximum atomic E-state index is 14.0. The van der Waals surface area contributed by atoms with Crippen molar-refractivity contribution in [2.75, 3.05) is 6.54 Å². The molecule has 2 atom stereocenters. The molecular weight excluding hydrogens is 437 g/mol. The Morgan fingerprint density at radius 1 is 1.03 bits per heavy atom. The fourth-order valence-electron chi connectivity index (χ4n) is 3.95. The van der Waals surface area contributed by atoms with Crippen molar-refractivity contribution in [2.45, 2.75) is 25.8 Å². The third-order valence-corrected chi connectivity index (χ3v) is 6.70. The predicted molar refractivity (Wildman–Crippen MR) is 130 cm³/mol. The van der Waals surface area contributed by atoms with Gasteiger partial charge in [0.25, 0.3) is 5.91 Å². The Hall–Kier alpha value is -3.45. The zero-order valence-electron chi connectivity index (χ0n) is 18.5. The number of carbonyl (C=O) groups is 2. The Bertz CT molecular complexity index is 1250. The van der Waals surface area contributed by atoms with Gasteiger partial charge < -0.3 is 15.6 Å². The number of para-hydroxylation sites is 1. The number of nitrogens with one attached hydrogen (secondary N) is 3. The zero-order valence-corrected chi connectivity index (χ0v) is 19.3. The number of carbonyl (C=O) groups excluding carboxylic acids is 2. The van der Waals surface area contributed by atoms with Crippen molar-refractivity contribution in [3.05, 3.63) is 94.1 Å². The second-order valence-electron chi connectivity index (χ2n) is 8.28. The summed E-state index contributed by atoms with van der Waals surface area (Å²) in [5.74, 6) is -1.73. The summed E-state index contributed by atoms with van der Waals surface area (Å²) in [4.78, 5) is 30.2. The normalized spacial score (nSPS) is 13.1. The SMILES string of the molecule is CC(C)[C@@H](NC(=O)c1ccccc1F)C(=O)NC[C@@H](c1cccs1)c1c[nH]c2ccccc12. The minimum absolute atomic E-state index is 0.0415. The van der Waals surface area contributed by atoms with E-state index in [-0.39, 0.29) is 23.3 Å². The average Bonchev–Trinajstić information content (AvgIpc) is 3.48. The van der Waals surface area contributed by atoms with E-state index >= 15 is 0 Å². The largest absolute Gasteiger partial charge is 0.361 e. The summed E-state index contributed by atoms with van der Waals surface area (Å²) < 4.78 is 14.0. The molecule has 170 valence electrons. The standard InChI is InChI=1S/C26H26FN3O2S/c1-16(2)24(30-25(31)18-9-3-5-10-21(18)27)26(32)29-15-20(23-12-7-13-33-23)19-14-28-22-11-6-4-8-17(19)22/h3-14,16,20,24,28H,15H2,1-2H3,(H,29,32)(H,30,31)/t20-,24-/m1/s1. The highest BCUT2D eigenvalue weighted by atomic mass is 32.1. The molecule has 2 heterocycles. The van der Waals surface area contributed by atoms with Gasteiger partial charge in [0.05, 0.1) is 5.56 Å². The lowest BCUT2D eigenvalue weighted by molar-refractivity contribution is -0.123. The minimum Gasteiger partial charge on any atom is -0.361 e. The molecule has 0 aliphatic rings. The average molecular weight is 464 g/mol. The molecule has 0 saturated carbocycles. The lowest BCUT2D eigenvalue weighted by Crippen LogP contribution is -2.50. The summed E-state index contributed by atoms with van der Waals surface area (Å²) in [7, 11) is 0. The van der Waals surface area contributed by atoms with Crippen LogP contribution in [-0.2, 0) is 4.79 Å². The number of aromatic nitrogens is 1. The highest BCUT2D eigenvalue weighted by molar-refractivity contribution is 7.10. The van der Waals surface area contributed by atoms with Crippen LogP contribution in [0.3, 0.4) is 0 Å². The van der Waals surface area contributed by atoms with E-state index in [4.69, 9.17) is 0 Å². The van der Waals surface area contributed by atoms with E-state index in [0.717, 1.165) is 21.3 Å². The fraction of sp³-hybridized carbons (Fsp3) is 0.231. The van der Waals surface area contributed by atoms with Crippen LogP contribution in [0.25, 0.3) is 10.9 Å². The molecule has 0 aliphatic heterocycles. The molecule has 7 heteroatoms. The van der Waals surface area contributed by atoms with Gasteiger partial charge in [0, 0.05) is 34.4 Å². The second-order valence-corrected chi connectivity index (χ2v) is 9.26. The Kier molecular flexibility index (Phi) is 6.89. The van der Waals surface area contributed by atoms with Crippen molar-refractivity contribution in [1.29, 1.82) is 0 Å². The van der Waals surface area contributed by atoms with Gasteiger partial charge in [0.1, 0.15) is 11.9 Å². The molecule has 0 aliphatic carbocycles. The van der Waals surface area contributed by atoms with Crippen molar-refractivity contribution in [3.63, 3.8) is 0 Å². The zero-order chi connectivity index (χ0) is 23.4. The number of hydrogen-bond donors (Lipinski definition) is 3. The lowest BCUT2D eigenvalue weighted by atomic mass is 9.96. The quantitative estimate of drug-likeness (QED) is 0.341. The van der Waals surface area contributed by atoms with E-state index in [1.807, 2.05) is 49.7 Å². The van der Waals surface area contributed by atoms with Crippen LogP contribution < -0.4 is 10.6 Å². The second kappa shape index (κ2) is 10.0. The summed E-state index contributed by atoms with van der Waals surface area (Å²) in [6.45, 7) is 4.07. The third kappa shape index (κ3) is 4.98. The molecular formula is C26H26FN3O2S. The van der Waals surface area contributed by atoms with Crippen LogP contribution in [0.15, 0.2) is 72.2 Å². The van der Waals surface area contributed by atoms with Crippen LogP contribution >= 0.6 is 11.3 Å². The number of aromatic amines is 1. The van der Waals surface area contributed by atoms with Crippen LogP contribution in [0, 0.1) is 11.7 Å². The highest BCUT2D eigenvalue weighted by Gasteiger charge is 2.27. The molecule has 0 spiro atoms. The summed E-state index contributed by atoms with van der Waals surface area (Å²) in [5.41, 5.74) is 2.06. The molecule has 3 N–H and O–H groups in total. The molecule has 2 amide bonds. The van der Waals surface area contributed by atoms with E-state index < -0.39 is 17.8 Å². The van der Waals surface area contributed by atoms with Crippen molar-refractivity contribution >= 4 is 34.1 Å². The number of hydrogen-bond acceptors (Lipinski definition) is 3. The van der Waals surface area contributed by atoms with Gasteiger partial charge in [0.15, 0.2) is 0 Å². The van der Waals surface area contributed by atoms with E-state index in [9.17, 15) is 14.0 Å². The van der Waals surface area contributed by atoms with Crippen LogP contribution in [0.1, 0.15) is 40.6 Å². The minimum atomic E-state index is -0.788. The monoisotopic (exact) mass is 463 g/mol. The van der Waals surface area contributed by atoms with Crippen LogP contribution in [0.5, 0.6) is 0 Å². The molecule has 0 saturated heterocycles. The molecule has 2 aromatic carbocycles. The number of H-pyrrole nitrogens is 1. The van der Waals surface area contributed by atoms with Gasteiger partial charge in [-0.1, -0.05) is 50.2 Å². The van der Waals surface area contributed by atoms with E-state index in [0.29, 0.717) is 6.54 Å². The maximum absolute atomic E-state index is 14.0. The van der Waals surface area contributed by atoms with Gasteiger partial charge in [0.2, 0.25) is 5.91 Å². The molecule has 0 bridgehead atoms. The number of thiophene rings is 1. The third-order valence-electron chi connectivity index (χ3n) is 5.72. The van der Waals surface area contributed by atoms with Crippen molar-refractivity contribution in [1.82, 2.24) is 15.6 Å². The lowest BCUT2D eigenvalue weighted by Gasteiger charge is -2.24. The Morgan fingerprint density at radius 2 is 1.79 bits per heavy atom. The van der Waals surface area contributed by atoms with Crippen molar-refractivity contribution in [2.24, 2.45) is 5.92 Å². The molecule has 2 aromatic heterocycles. The Morgan fingerprint density at radius 3 is 2.52 bits per heavy atom. The first-order valence-electron chi connectivity index (χ1n) is 10.9. The smallest absolute Gasteiger partial charge is 0.254 e. The van der Waals surface area contributed by atoms with Gasteiger partial charge in [-0.25, -0.2) is 4.39 Å². The summed E-state index contributed by atoms with van der Waals surface area (Å²) in [6.07, 6.45) is 1.99. The first kappa shape index (κ1) is 22.7. The van der Waals surface area contributed by atoms with Gasteiger partial charge in [-0.2, -0.15) is 0 Å². The van der Waals surface area contributed by atoms with Gasteiger partial charge in [-0.15, -0.1) is 11.3 Å². The molecule has 0 fully saturated rings. The predicted octanol–water partition coefficient (Wildman–Crippen LogP) is 5.07. The first-order valence-corrected chi connectivity index (χ1v) is 11.8. The van der Waals surface area contributed by atoms with Crippen LogP contribution in [-0.4, -0.2) is 29.4 Å². The maximum Gasteiger partial charge on any atom is 0.254 e. The van der Waals surface area contributed by atoms with E-state index in [1.165, 1.54) is 18.2 Å². The number of rotatable bonds is 8. The highest BCUT2D eigenvalue weighted by Crippen LogP contribution is 2.32. The molecule has 4 aromatic rings. The van der Waals surface area contributed by atoms with Crippen molar-refractivity contribution < 1.29 is 14.0 Å². The first-order chi connectivity index (χ1) is 16.0. The fourth-order valence-corrected chi connectivity index (χ4v) is 4.79. The molecule has 33 heavy (non-hydrogen) atoms. The van der Waals surface area contributed by atoms with Gasteiger partial charge in [-0.3, -0.25) is 9.59 Å². The Balaban J connectivity index is 1.52. The summed E-state index contributed by atoms with van der Waals surface area (Å²) in [5, 5.41) is 8.85. The summed E-state index contributed by atoms with van der Waals surface area (Å²) >= 11 is 1.64. The Labute approximate surface area is 196 Å². The van der Waals surface area contributed by atoms with E-state index in [1.54, 1.807) is 17.4 Å². The van der Waals surface area contributed by atoms with Gasteiger partial charge in [-0.05, 0) is 41.1 Å². The number of halogens is 1. The molecule has 0 unspecified atom stereocenters. The number of fused-ring (bicyclic) bond motifs is 1.